The molecule has 0 unspecified atom stereocenters. The summed E-state index contributed by atoms with van der Waals surface area (Å²) in [6, 6.07) is 8.14. The van der Waals surface area contributed by atoms with Crippen LogP contribution in [-0.4, -0.2) is 53.8 Å². The molecule has 3 rings (SSSR count). The molecular formula is C20H27N3O2S. The Morgan fingerprint density at radius 1 is 1.04 bits per heavy atom. The van der Waals surface area contributed by atoms with Crippen LogP contribution in [0.2, 0.25) is 0 Å². The van der Waals surface area contributed by atoms with Crippen LogP contribution in [0.25, 0.3) is 6.08 Å². The van der Waals surface area contributed by atoms with Crippen LogP contribution in [0.3, 0.4) is 0 Å². The molecule has 26 heavy (non-hydrogen) atoms. The van der Waals surface area contributed by atoms with E-state index in [0.29, 0.717) is 11.6 Å². The van der Waals surface area contributed by atoms with Gasteiger partial charge in [-0.05, 0) is 75.3 Å². The number of nitrogens with zero attached hydrogens (tertiary/aromatic N) is 3. The molecule has 2 aliphatic rings. The fourth-order valence-electron chi connectivity index (χ4n) is 3.44. The van der Waals surface area contributed by atoms with Crippen molar-refractivity contribution in [3.05, 3.63) is 34.7 Å². The lowest BCUT2D eigenvalue weighted by molar-refractivity contribution is -0.124. The largest absolute Gasteiger partial charge is 0.372 e. The van der Waals surface area contributed by atoms with E-state index in [1.54, 1.807) is 0 Å². The second-order valence-electron chi connectivity index (χ2n) is 6.69. The molecule has 0 radical (unpaired) electrons. The molecule has 2 amide bonds. The molecule has 1 aromatic carbocycles. The molecule has 0 aromatic heterocycles. The Bertz CT molecular complexity index is 677. The van der Waals surface area contributed by atoms with E-state index in [9.17, 15) is 9.59 Å². The Kier molecular flexibility index (Phi) is 6.38. The van der Waals surface area contributed by atoms with Crippen LogP contribution in [-0.2, 0) is 4.79 Å². The molecule has 140 valence electrons. The average Bonchev–Trinajstić information content (AvgIpc) is 2.92. The lowest BCUT2D eigenvalue weighted by Gasteiger charge is -2.29. The van der Waals surface area contributed by atoms with Gasteiger partial charge < -0.3 is 4.90 Å². The highest BCUT2D eigenvalue weighted by atomic mass is 32.2. The number of benzene rings is 1. The van der Waals surface area contributed by atoms with Gasteiger partial charge in [0, 0.05) is 18.8 Å². The predicted molar refractivity (Wildman–Crippen MR) is 108 cm³/mol. The van der Waals surface area contributed by atoms with Crippen molar-refractivity contribution in [3.8, 4) is 0 Å². The minimum atomic E-state index is -0.168. The topological polar surface area (TPSA) is 43.9 Å². The van der Waals surface area contributed by atoms with Crippen LogP contribution in [0.15, 0.2) is 29.2 Å². The van der Waals surface area contributed by atoms with E-state index in [1.807, 2.05) is 18.2 Å². The lowest BCUT2D eigenvalue weighted by atomic mass is 10.1. The predicted octanol–water partition coefficient (Wildman–Crippen LogP) is 4.01. The molecule has 2 aliphatic heterocycles. The summed E-state index contributed by atoms with van der Waals surface area (Å²) in [5, 5.41) is -0.161. The Morgan fingerprint density at radius 2 is 1.69 bits per heavy atom. The van der Waals surface area contributed by atoms with Gasteiger partial charge in [0.1, 0.15) is 0 Å². The molecule has 6 heteroatoms. The highest BCUT2D eigenvalue weighted by Crippen LogP contribution is 2.32. The molecule has 1 aromatic rings. The number of piperidine rings is 1. The number of likely N-dealkylation sites (tertiary alicyclic amines) is 1. The molecule has 5 nitrogen and oxygen atoms in total. The highest BCUT2D eigenvalue weighted by molar-refractivity contribution is 8.18. The monoisotopic (exact) mass is 373 g/mol. The third kappa shape index (κ3) is 4.30. The average molecular weight is 374 g/mol. The van der Waals surface area contributed by atoms with Gasteiger partial charge >= 0.3 is 0 Å². The first-order chi connectivity index (χ1) is 12.6. The smallest absolute Gasteiger partial charge is 0.294 e. The van der Waals surface area contributed by atoms with Gasteiger partial charge in [0.15, 0.2) is 0 Å². The van der Waals surface area contributed by atoms with Crippen LogP contribution in [0.1, 0.15) is 38.7 Å². The van der Waals surface area contributed by atoms with E-state index in [1.165, 1.54) is 17.0 Å². The van der Waals surface area contributed by atoms with E-state index >= 15 is 0 Å². The van der Waals surface area contributed by atoms with Gasteiger partial charge in [-0.15, -0.1) is 0 Å². The van der Waals surface area contributed by atoms with Gasteiger partial charge in [0.25, 0.3) is 11.1 Å². The first kappa shape index (κ1) is 19.0. The van der Waals surface area contributed by atoms with Crippen LogP contribution in [0.5, 0.6) is 0 Å². The summed E-state index contributed by atoms with van der Waals surface area (Å²) < 4.78 is 0. The first-order valence-corrected chi connectivity index (χ1v) is 10.3. The summed E-state index contributed by atoms with van der Waals surface area (Å²) in [6.07, 6.45) is 5.35. The SMILES string of the molecule is CCN(CC)c1ccc(/C=C2\SC(=O)N(CN3CCCCC3)C2=O)cc1. The molecule has 0 aliphatic carbocycles. The number of anilines is 1. The number of thioether (sulfide) groups is 1. The van der Waals surface area contributed by atoms with E-state index in [2.05, 4.69) is 35.8 Å². The molecule has 0 atom stereocenters. The maximum Gasteiger partial charge on any atom is 0.294 e. The molecule has 2 heterocycles. The van der Waals surface area contributed by atoms with Crippen LogP contribution in [0, 0.1) is 0 Å². The van der Waals surface area contributed by atoms with Crippen molar-refractivity contribution in [2.75, 3.05) is 37.7 Å². The lowest BCUT2D eigenvalue weighted by Crippen LogP contribution is -2.42. The summed E-state index contributed by atoms with van der Waals surface area (Å²) in [5.41, 5.74) is 2.12. The number of carbonyl (C=O) groups excluding carboxylic acids is 2. The Labute approximate surface area is 160 Å². The molecule has 2 saturated heterocycles. The maximum absolute atomic E-state index is 12.6. The number of rotatable bonds is 6. The van der Waals surface area contributed by atoms with E-state index in [4.69, 9.17) is 0 Å². The van der Waals surface area contributed by atoms with Crippen molar-refractivity contribution in [1.82, 2.24) is 9.80 Å². The summed E-state index contributed by atoms with van der Waals surface area (Å²) in [7, 11) is 0. The minimum Gasteiger partial charge on any atom is -0.372 e. The molecular weight excluding hydrogens is 346 g/mol. The summed E-state index contributed by atoms with van der Waals surface area (Å²) in [4.78, 5) is 31.3. The second kappa shape index (κ2) is 8.73. The maximum atomic E-state index is 12.6. The van der Waals surface area contributed by atoms with Crippen molar-refractivity contribution in [1.29, 1.82) is 0 Å². The number of hydrogen-bond acceptors (Lipinski definition) is 5. The van der Waals surface area contributed by atoms with Gasteiger partial charge in [-0.3, -0.25) is 19.4 Å². The Balaban J connectivity index is 1.69. The fourth-order valence-corrected chi connectivity index (χ4v) is 4.28. The molecule has 2 fully saturated rings. The van der Waals surface area contributed by atoms with Gasteiger partial charge in [0.2, 0.25) is 0 Å². The third-order valence-electron chi connectivity index (χ3n) is 4.98. The Hall–Kier alpha value is -1.79. The number of hydrogen-bond donors (Lipinski definition) is 0. The third-order valence-corrected chi connectivity index (χ3v) is 5.89. The number of imide groups is 1. The summed E-state index contributed by atoms with van der Waals surface area (Å²) >= 11 is 1.05. The zero-order chi connectivity index (χ0) is 18.5. The molecule has 0 saturated carbocycles. The van der Waals surface area contributed by atoms with Crippen molar-refractivity contribution in [3.63, 3.8) is 0 Å². The highest BCUT2D eigenvalue weighted by Gasteiger charge is 2.36. The summed E-state index contributed by atoms with van der Waals surface area (Å²) in [5.74, 6) is -0.168. The van der Waals surface area contributed by atoms with E-state index in [0.717, 1.165) is 56.3 Å². The molecule has 0 bridgehead atoms. The molecule has 0 N–H and O–H groups in total. The Morgan fingerprint density at radius 3 is 2.31 bits per heavy atom. The normalized spacial score (nSPS) is 20.2. The number of amides is 2. The zero-order valence-corrected chi connectivity index (χ0v) is 16.4. The van der Waals surface area contributed by atoms with Crippen LogP contribution in [0.4, 0.5) is 10.5 Å². The van der Waals surface area contributed by atoms with Crippen molar-refractivity contribution >= 4 is 34.7 Å². The van der Waals surface area contributed by atoms with E-state index in [-0.39, 0.29) is 11.1 Å². The van der Waals surface area contributed by atoms with Gasteiger partial charge in [-0.1, -0.05) is 18.6 Å². The fraction of sp³-hybridized carbons (Fsp3) is 0.500. The molecule has 0 spiro atoms. The summed E-state index contributed by atoms with van der Waals surface area (Å²) in [6.45, 7) is 8.55. The quantitative estimate of drug-likeness (QED) is 0.705. The standard InChI is InChI=1S/C20H27N3O2S/c1-3-22(4-2)17-10-8-16(9-11-17)14-18-19(24)23(20(25)26-18)15-21-12-6-5-7-13-21/h8-11,14H,3-7,12-13,15H2,1-2H3/b18-14-. The van der Waals surface area contributed by atoms with Gasteiger partial charge in [-0.2, -0.15) is 0 Å². The van der Waals surface area contributed by atoms with Gasteiger partial charge in [0.05, 0.1) is 11.6 Å². The van der Waals surface area contributed by atoms with Gasteiger partial charge in [-0.25, -0.2) is 0 Å². The minimum absolute atomic E-state index is 0.161. The number of carbonyl (C=O) groups is 2. The first-order valence-electron chi connectivity index (χ1n) is 9.45. The van der Waals surface area contributed by atoms with Crippen molar-refractivity contribution < 1.29 is 9.59 Å². The van der Waals surface area contributed by atoms with Crippen molar-refractivity contribution in [2.24, 2.45) is 0 Å². The zero-order valence-electron chi connectivity index (χ0n) is 15.6. The van der Waals surface area contributed by atoms with Crippen LogP contribution >= 0.6 is 11.8 Å². The van der Waals surface area contributed by atoms with Crippen LogP contribution < -0.4 is 4.90 Å². The van der Waals surface area contributed by atoms with Crippen molar-refractivity contribution in [2.45, 2.75) is 33.1 Å². The van der Waals surface area contributed by atoms with E-state index < -0.39 is 0 Å². The second-order valence-corrected chi connectivity index (χ2v) is 7.69.